The molecule has 0 aliphatic carbocycles. The van der Waals surface area contributed by atoms with Gasteiger partial charge in [-0.1, -0.05) is 12.1 Å². The van der Waals surface area contributed by atoms with E-state index in [-0.39, 0.29) is 23.2 Å². The summed E-state index contributed by atoms with van der Waals surface area (Å²) in [4.78, 5) is 27.0. The number of nitrogens with zero attached hydrogens (tertiary/aromatic N) is 2. The number of nitrogens with one attached hydrogen (secondary N) is 1. The maximum absolute atomic E-state index is 12.2. The third-order valence-electron chi connectivity index (χ3n) is 2.81. The van der Waals surface area contributed by atoms with E-state index in [1.54, 1.807) is 25.1 Å². The number of fused-ring (bicyclic) bond motifs is 1. The van der Waals surface area contributed by atoms with Crippen molar-refractivity contribution in [3.63, 3.8) is 0 Å². The van der Waals surface area contributed by atoms with E-state index in [1.807, 2.05) is 13.8 Å². The van der Waals surface area contributed by atoms with Crippen molar-refractivity contribution in [2.75, 3.05) is 0 Å². The Kier molecular flexibility index (Phi) is 3.65. The van der Waals surface area contributed by atoms with Crippen molar-refractivity contribution in [1.82, 2.24) is 10.3 Å². The largest absolute Gasteiger partial charge is 0.350 e. The van der Waals surface area contributed by atoms with E-state index < -0.39 is 4.92 Å². The SMILES string of the molecule is Cc1cc(C(=O)NC(C)C)c2cccc([N+](=O)[O-])c2n1. The van der Waals surface area contributed by atoms with Gasteiger partial charge < -0.3 is 5.32 Å². The van der Waals surface area contributed by atoms with Gasteiger partial charge in [0.15, 0.2) is 0 Å². The number of aryl methyl sites for hydroxylation is 1. The number of nitro groups is 1. The molecule has 104 valence electrons. The molecule has 0 unspecified atom stereocenters. The van der Waals surface area contributed by atoms with E-state index in [9.17, 15) is 14.9 Å². The lowest BCUT2D eigenvalue weighted by Crippen LogP contribution is -2.30. The van der Waals surface area contributed by atoms with E-state index in [0.29, 0.717) is 16.6 Å². The van der Waals surface area contributed by atoms with E-state index in [2.05, 4.69) is 10.3 Å². The first-order chi connectivity index (χ1) is 9.40. The molecular formula is C14H15N3O3. The zero-order chi connectivity index (χ0) is 14.9. The summed E-state index contributed by atoms with van der Waals surface area (Å²) in [5, 5.41) is 14.3. The highest BCUT2D eigenvalue weighted by Crippen LogP contribution is 2.26. The van der Waals surface area contributed by atoms with Gasteiger partial charge in [0.05, 0.1) is 10.5 Å². The summed E-state index contributed by atoms with van der Waals surface area (Å²) < 4.78 is 0. The van der Waals surface area contributed by atoms with Crippen LogP contribution in [0, 0.1) is 17.0 Å². The molecule has 0 aliphatic rings. The van der Waals surface area contributed by atoms with Crippen LogP contribution in [0.3, 0.4) is 0 Å². The van der Waals surface area contributed by atoms with Crippen molar-refractivity contribution in [1.29, 1.82) is 0 Å². The summed E-state index contributed by atoms with van der Waals surface area (Å²) in [7, 11) is 0. The van der Waals surface area contributed by atoms with Crippen LogP contribution in [0.5, 0.6) is 0 Å². The molecule has 1 aromatic carbocycles. The first-order valence-electron chi connectivity index (χ1n) is 6.25. The topological polar surface area (TPSA) is 85.1 Å². The van der Waals surface area contributed by atoms with Crippen molar-refractivity contribution in [3.05, 3.63) is 45.6 Å². The van der Waals surface area contributed by atoms with Crippen LogP contribution in [0.2, 0.25) is 0 Å². The summed E-state index contributed by atoms with van der Waals surface area (Å²) in [6.45, 7) is 5.43. The molecule has 1 aromatic heterocycles. The van der Waals surface area contributed by atoms with Crippen molar-refractivity contribution >= 4 is 22.5 Å². The molecule has 2 aromatic rings. The molecule has 0 saturated carbocycles. The summed E-state index contributed by atoms with van der Waals surface area (Å²) in [5.74, 6) is -0.254. The third-order valence-corrected chi connectivity index (χ3v) is 2.81. The number of pyridine rings is 1. The van der Waals surface area contributed by atoms with Gasteiger partial charge in [0.2, 0.25) is 0 Å². The van der Waals surface area contributed by atoms with Crippen molar-refractivity contribution < 1.29 is 9.72 Å². The van der Waals surface area contributed by atoms with Crippen LogP contribution in [0.4, 0.5) is 5.69 Å². The second-order valence-electron chi connectivity index (χ2n) is 4.87. The molecule has 6 heteroatoms. The Morgan fingerprint density at radius 2 is 2.10 bits per heavy atom. The highest BCUT2D eigenvalue weighted by molar-refractivity contribution is 6.08. The number of amides is 1. The average molecular weight is 273 g/mol. The fraction of sp³-hybridized carbons (Fsp3) is 0.286. The molecule has 0 saturated heterocycles. The quantitative estimate of drug-likeness (QED) is 0.688. The number of non-ortho nitro benzene ring substituents is 1. The number of carbonyl (C=O) groups excluding carboxylic acids is 1. The summed E-state index contributed by atoms with van der Waals surface area (Å²) >= 11 is 0. The van der Waals surface area contributed by atoms with Crippen LogP contribution in [0.25, 0.3) is 10.9 Å². The second kappa shape index (κ2) is 5.24. The fourth-order valence-electron chi connectivity index (χ4n) is 2.04. The first-order valence-corrected chi connectivity index (χ1v) is 6.25. The number of carbonyl (C=O) groups is 1. The minimum Gasteiger partial charge on any atom is -0.350 e. The lowest BCUT2D eigenvalue weighted by Gasteiger charge is -2.11. The number of hydrogen-bond donors (Lipinski definition) is 1. The number of aromatic nitrogens is 1. The van der Waals surface area contributed by atoms with Crippen LogP contribution in [0.15, 0.2) is 24.3 Å². The van der Waals surface area contributed by atoms with Gasteiger partial charge in [0.25, 0.3) is 11.6 Å². The molecule has 1 amide bonds. The molecular weight excluding hydrogens is 258 g/mol. The first kappa shape index (κ1) is 13.9. The third kappa shape index (κ3) is 2.59. The van der Waals surface area contributed by atoms with Crippen molar-refractivity contribution in [2.24, 2.45) is 0 Å². The molecule has 1 N–H and O–H groups in total. The lowest BCUT2D eigenvalue weighted by atomic mass is 10.1. The smallest absolute Gasteiger partial charge is 0.295 e. The zero-order valence-corrected chi connectivity index (χ0v) is 11.5. The molecule has 20 heavy (non-hydrogen) atoms. The standard InChI is InChI=1S/C14H15N3O3/c1-8(2)15-14(18)11-7-9(3)16-13-10(11)5-4-6-12(13)17(19)20/h4-8H,1-3H3,(H,15,18). The summed E-state index contributed by atoms with van der Waals surface area (Å²) in [6.07, 6.45) is 0. The van der Waals surface area contributed by atoms with Crippen molar-refractivity contribution in [2.45, 2.75) is 26.8 Å². The monoisotopic (exact) mass is 273 g/mol. The van der Waals surface area contributed by atoms with Gasteiger partial charge >= 0.3 is 0 Å². The van der Waals surface area contributed by atoms with Gasteiger partial charge in [-0.3, -0.25) is 14.9 Å². The second-order valence-corrected chi connectivity index (χ2v) is 4.87. The Labute approximate surface area is 116 Å². The Hall–Kier alpha value is -2.50. The number of hydrogen-bond acceptors (Lipinski definition) is 4. The number of para-hydroxylation sites is 1. The molecule has 0 aliphatic heterocycles. The minimum absolute atomic E-state index is 0.00952. The van der Waals surface area contributed by atoms with Crippen LogP contribution < -0.4 is 5.32 Å². The van der Waals surface area contributed by atoms with Gasteiger partial charge in [-0.05, 0) is 26.8 Å². The van der Waals surface area contributed by atoms with Gasteiger partial charge in [0.1, 0.15) is 5.52 Å². The van der Waals surface area contributed by atoms with E-state index >= 15 is 0 Å². The summed E-state index contributed by atoms with van der Waals surface area (Å²) in [6, 6.07) is 6.25. The molecule has 0 bridgehead atoms. The molecule has 2 rings (SSSR count). The molecule has 0 fully saturated rings. The number of nitro benzene ring substituents is 1. The maximum Gasteiger partial charge on any atom is 0.295 e. The minimum atomic E-state index is -0.487. The van der Waals surface area contributed by atoms with E-state index in [4.69, 9.17) is 0 Å². The molecule has 0 spiro atoms. The van der Waals surface area contributed by atoms with Crippen LogP contribution in [-0.2, 0) is 0 Å². The fourth-order valence-corrected chi connectivity index (χ4v) is 2.04. The van der Waals surface area contributed by atoms with Gasteiger partial charge in [0, 0.05) is 23.2 Å². The normalized spacial score (nSPS) is 10.8. The van der Waals surface area contributed by atoms with Crippen LogP contribution in [0.1, 0.15) is 29.9 Å². The molecule has 0 atom stereocenters. The zero-order valence-electron chi connectivity index (χ0n) is 11.5. The highest BCUT2D eigenvalue weighted by Gasteiger charge is 2.19. The van der Waals surface area contributed by atoms with Gasteiger partial charge in [-0.2, -0.15) is 0 Å². The molecule has 6 nitrogen and oxygen atoms in total. The number of benzene rings is 1. The maximum atomic E-state index is 12.2. The van der Waals surface area contributed by atoms with Crippen LogP contribution >= 0.6 is 0 Å². The highest BCUT2D eigenvalue weighted by atomic mass is 16.6. The Bertz CT molecular complexity index is 695. The Morgan fingerprint density at radius 3 is 2.70 bits per heavy atom. The van der Waals surface area contributed by atoms with Crippen molar-refractivity contribution in [3.8, 4) is 0 Å². The molecule has 1 heterocycles. The predicted octanol–water partition coefficient (Wildman–Crippen LogP) is 2.59. The lowest BCUT2D eigenvalue weighted by molar-refractivity contribution is -0.383. The van der Waals surface area contributed by atoms with E-state index in [1.165, 1.54) is 6.07 Å². The number of rotatable bonds is 3. The predicted molar refractivity (Wildman–Crippen MR) is 75.7 cm³/mol. The Morgan fingerprint density at radius 1 is 1.40 bits per heavy atom. The molecule has 0 radical (unpaired) electrons. The average Bonchev–Trinajstić information content (AvgIpc) is 2.35. The Balaban J connectivity index is 2.70. The van der Waals surface area contributed by atoms with Gasteiger partial charge in [-0.15, -0.1) is 0 Å². The summed E-state index contributed by atoms with van der Waals surface area (Å²) in [5.41, 5.74) is 1.13. The van der Waals surface area contributed by atoms with Crippen LogP contribution in [-0.4, -0.2) is 21.9 Å². The van der Waals surface area contributed by atoms with Gasteiger partial charge in [-0.25, -0.2) is 4.98 Å². The van der Waals surface area contributed by atoms with E-state index in [0.717, 1.165) is 0 Å².